The third-order valence-corrected chi connectivity index (χ3v) is 7.00. The third-order valence-electron chi connectivity index (χ3n) is 7.00. The smallest absolute Gasteiger partial charge is 0.296 e. The predicted molar refractivity (Wildman–Crippen MR) is 124 cm³/mol. The Balaban J connectivity index is 1.38. The molecular weight excluding hydrogens is 422 g/mol. The molecule has 33 heavy (non-hydrogen) atoms. The van der Waals surface area contributed by atoms with Crippen molar-refractivity contribution < 1.29 is 18.6 Å². The van der Waals surface area contributed by atoms with Gasteiger partial charge >= 0.3 is 0 Å². The van der Waals surface area contributed by atoms with Crippen molar-refractivity contribution in [2.24, 2.45) is 0 Å². The van der Waals surface area contributed by atoms with Crippen molar-refractivity contribution in [3.63, 3.8) is 0 Å². The molecule has 0 radical (unpaired) electrons. The molecule has 2 aliphatic rings. The number of piperidine rings is 1. The predicted octanol–water partition coefficient (Wildman–Crippen LogP) is 1.96. The average Bonchev–Trinajstić information content (AvgIpc) is 3.19. The number of imidazole rings is 1. The summed E-state index contributed by atoms with van der Waals surface area (Å²) in [7, 11) is 1.61. The maximum absolute atomic E-state index is 13.5. The first kappa shape index (κ1) is 22.3. The maximum atomic E-state index is 13.5. The monoisotopic (exact) mass is 456 g/mol. The number of hydrogen-bond donors (Lipinski definition) is 1. The number of likely N-dealkylation sites (tertiary alicyclic amines) is 1. The van der Waals surface area contributed by atoms with Gasteiger partial charge in [0, 0.05) is 45.0 Å². The van der Waals surface area contributed by atoms with Crippen LogP contribution in [0.1, 0.15) is 44.1 Å². The van der Waals surface area contributed by atoms with Gasteiger partial charge in [-0.25, -0.2) is 0 Å². The molecule has 2 fully saturated rings. The highest BCUT2D eigenvalue weighted by Gasteiger charge is 2.38. The second kappa shape index (κ2) is 9.04. The van der Waals surface area contributed by atoms with Crippen molar-refractivity contribution in [1.82, 2.24) is 19.4 Å². The van der Waals surface area contributed by atoms with E-state index in [0.29, 0.717) is 17.9 Å². The van der Waals surface area contributed by atoms with Crippen LogP contribution in [0, 0.1) is 6.92 Å². The van der Waals surface area contributed by atoms with Crippen molar-refractivity contribution in [2.45, 2.75) is 58.3 Å². The van der Waals surface area contributed by atoms with Gasteiger partial charge in [-0.15, -0.1) is 0 Å². The Morgan fingerprint density at radius 2 is 1.97 bits per heavy atom. The summed E-state index contributed by atoms with van der Waals surface area (Å²) in [5.41, 5.74) is 3.12. The molecule has 0 aliphatic carbocycles. The van der Waals surface area contributed by atoms with Crippen LogP contribution in [0.2, 0.25) is 0 Å². The fraction of sp³-hybridized carbons (Fsp3) is 0.625. The lowest BCUT2D eigenvalue weighted by molar-refractivity contribution is -0.495. The van der Waals surface area contributed by atoms with Gasteiger partial charge in [-0.2, -0.15) is 4.40 Å². The summed E-state index contributed by atoms with van der Waals surface area (Å²) < 4.78 is 21.1. The van der Waals surface area contributed by atoms with E-state index in [1.54, 1.807) is 7.11 Å². The number of hydrogen-bond acceptors (Lipinski definition) is 6. The Labute approximate surface area is 193 Å². The molecule has 1 N–H and O–H groups in total. The van der Waals surface area contributed by atoms with Crippen LogP contribution in [0.3, 0.4) is 0 Å². The van der Waals surface area contributed by atoms with Crippen molar-refractivity contribution in [3.05, 3.63) is 34.0 Å². The Morgan fingerprint density at radius 3 is 2.67 bits per heavy atom. The number of H-pyrrole nitrogens is 1. The summed E-state index contributed by atoms with van der Waals surface area (Å²) in [6, 6.07) is 3.77. The van der Waals surface area contributed by atoms with E-state index in [-0.39, 0.29) is 11.3 Å². The van der Waals surface area contributed by atoms with Gasteiger partial charge in [0.1, 0.15) is 11.2 Å². The fourth-order valence-electron chi connectivity index (χ4n) is 5.22. The lowest BCUT2D eigenvalue weighted by atomic mass is 10.0. The quantitative estimate of drug-likeness (QED) is 0.571. The highest BCUT2D eigenvalue weighted by Crippen LogP contribution is 2.30. The van der Waals surface area contributed by atoms with E-state index in [0.717, 1.165) is 87.6 Å². The van der Waals surface area contributed by atoms with Gasteiger partial charge in [-0.3, -0.25) is 14.3 Å². The molecule has 9 heteroatoms. The molecule has 0 amide bonds. The molecule has 0 aromatic carbocycles. The zero-order valence-electron chi connectivity index (χ0n) is 19.9. The maximum Gasteiger partial charge on any atom is 0.296 e. The molecule has 3 aromatic rings. The Bertz CT molecular complexity index is 1200. The first-order chi connectivity index (χ1) is 16.0. The van der Waals surface area contributed by atoms with Crippen LogP contribution in [-0.2, 0) is 22.4 Å². The number of nitrogens with one attached hydrogen (secondary N) is 1. The first-order valence-corrected chi connectivity index (χ1v) is 12.1. The average molecular weight is 457 g/mol. The van der Waals surface area contributed by atoms with Crippen LogP contribution in [0.15, 0.2) is 16.9 Å². The van der Waals surface area contributed by atoms with E-state index in [1.165, 1.54) is 0 Å². The van der Waals surface area contributed by atoms with E-state index in [4.69, 9.17) is 19.2 Å². The summed E-state index contributed by atoms with van der Waals surface area (Å²) >= 11 is 0. The normalized spacial score (nSPS) is 19.0. The van der Waals surface area contributed by atoms with Gasteiger partial charge in [0.2, 0.25) is 11.3 Å². The summed E-state index contributed by atoms with van der Waals surface area (Å²) in [4.78, 5) is 24.1. The van der Waals surface area contributed by atoms with Crippen LogP contribution >= 0.6 is 0 Å². The number of ether oxygens (including phenoxy) is 3. The third kappa shape index (κ3) is 4.02. The molecule has 2 aliphatic heterocycles. The molecule has 0 atom stereocenters. The minimum atomic E-state index is -0.363. The van der Waals surface area contributed by atoms with Crippen LogP contribution < -0.4 is 14.7 Å². The Morgan fingerprint density at radius 1 is 1.21 bits per heavy atom. The Kier molecular flexibility index (Phi) is 6.11. The van der Waals surface area contributed by atoms with Gasteiger partial charge < -0.3 is 19.1 Å². The molecule has 2 saturated heterocycles. The van der Waals surface area contributed by atoms with Gasteiger partial charge in [0.25, 0.3) is 17.1 Å². The number of aryl methyl sites for hydroxylation is 3. The number of aromatic nitrogens is 4. The van der Waals surface area contributed by atoms with Crippen LogP contribution in [-0.4, -0.2) is 65.2 Å². The lowest BCUT2D eigenvalue weighted by Crippen LogP contribution is -2.50. The molecule has 0 saturated carbocycles. The molecule has 0 unspecified atom stereocenters. The largest absolute Gasteiger partial charge is 0.469 e. The number of pyridine rings is 1. The van der Waals surface area contributed by atoms with E-state index in [1.807, 2.05) is 28.0 Å². The van der Waals surface area contributed by atoms with Crippen LogP contribution in [0.25, 0.3) is 16.7 Å². The minimum absolute atomic E-state index is 0.0181. The molecule has 0 bridgehead atoms. The zero-order chi connectivity index (χ0) is 23.0. The number of rotatable bonds is 6. The lowest BCUT2D eigenvalue weighted by Gasteiger charge is -2.43. The van der Waals surface area contributed by atoms with Gasteiger partial charge in [0.15, 0.2) is 5.79 Å². The van der Waals surface area contributed by atoms with Crippen molar-refractivity contribution in [3.8, 4) is 5.88 Å². The van der Waals surface area contributed by atoms with Gasteiger partial charge in [-0.1, -0.05) is 11.9 Å². The van der Waals surface area contributed by atoms with E-state index in [2.05, 4.69) is 16.8 Å². The summed E-state index contributed by atoms with van der Waals surface area (Å²) in [6.45, 7) is 9.11. The fourth-order valence-corrected chi connectivity index (χ4v) is 5.22. The van der Waals surface area contributed by atoms with Gasteiger partial charge in [-0.05, 0) is 32.4 Å². The first-order valence-electron chi connectivity index (χ1n) is 12.1. The van der Waals surface area contributed by atoms with Crippen molar-refractivity contribution >= 4 is 16.7 Å². The standard InChI is InChI=1S/C24H33N5O4/c1-4-19-25-17(2)21-23(30)28(18-7-8-20(31-3)26-22(18)29(19)21)12-5-11-27-13-9-24(10-14-27)32-15-6-16-33-24/h7-8H,4-6,9-16H2,1-3H3/p+1. The van der Waals surface area contributed by atoms with Gasteiger partial charge in [0.05, 0.1) is 20.3 Å². The second-order valence-electron chi connectivity index (χ2n) is 9.04. The number of aromatic amines is 1. The second-order valence-corrected chi connectivity index (χ2v) is 9.04. The van der Waals surface area contributed by atoms with Crippen molar-refractivity contribution in [1.29, 1.82) is 0 Å². The van der Waals surface area contributed by atoms with Crippen molar-refractivity contribution in [2.75, 3.05) is 40.0 Å². The number of methoxy groups -OCH3 is 1. The SMILES string of the molecule is CCc1[nH]c(C)c2c(=O)n(CCCN3CCC4(CC3)OCCCO4)c3ccc(OC)nc3[n+]12. The highest BCUT2D eigenvalue weighted by atomic mass is 16.7. The topological polar surface area (TPSA) is 85.7 Å². The highest BCUT2D eigenvalue weighted by molar-refractivity contribution is 5.70. The van der Waals surface area contributed by atoms with Crippen LogP contribution in [0.4, 0.5) is 0 Å². The molecule has 178 valence electrons. The number of fused-ring (bicyclic) bond motifs is 3. The molecule has 5 heterocycles. The summed E-state index contributed by atoms with van der Waals surface area (Å²) in [5, 5.41) is 0. The number of nitrogens with zero attached hydrogens (tertiary/aromatic N) is 4. The molecule has 3 aromatic heterocycles. The summed E-state index contributed by atoms with van der Waals surface area (Å²) in [6.07, 6.45) is 4.46. The molecule has 5 rings (SSSR count). The molecule has 1 spiro atoms. The molecular formula is C24H34N5O4+. The summed E-state index contributed by atoms with van der Waals surface area (Å²) in [5.74, 6) is 1.14. The van der Waals surface area contributed by atoms with E-state index in [9.17, 15) is 4.79 Å². The Hall–Kier alpha value is -2.49. The minimum Gasteiger partial charge on any atom is -0.469 e. The zero-order valence-corrected chi connectivity index (χ0v) is 19.9. The molecule has 9 nitrogen and oxygen atoms in total. The van der Waals surface area contributed by atoms with E-state index >= 15 is 0 Å². The van der Waals surface area contributed by atoms with Crippen LogP contribution in [0.5, 0.6) is 5.88 Å². The van der Waals surface area contributed by atoms with E-state index < -0.39 is 0 Å².